The van der Waals surface area contributed by atoms with Crippen molar-refractivity contribution in [1.82, 2.24) is 10.2 Å². The minimum absolute atomic E-state index is 0.575. The molecule has 0 saturated carbocycles. The minimum Gasteiger partial charge on any atom is -0.389 e. The molecule has 1 rings (SSSR count). The highest BCUT2D eigenvalue weighted by atomic mass is 16.3. The molecule has 1 saturated heterocycles. The van der Waals surface area contributed by atoms with Crippen LogP contribution < -0.4 is 5.32 Å². The topological polar surface area (TPSA) is 35.5 Å². The molecule has 0 bridgehead atoms. The molecule has 1 aliphatic rings. The highest BCUT2D eigenvalue weighted by Crippen LogP contribution is 2.14. The van der Waals surface area contributed by atoms with E-state index in [2.05, 4.69) is 17.3 Å². The molecule has 1 fully saturated rings. The highest BCUT2D eigenvalue weighted by molar-refractivity contribution is 4.78. The molecule has 0 radical (unpaired) electrons. The number of nitrogens with zero attached hydrogens (tertiary/aromatic N) is 1. The zero-order valence-electron chi connectivity index (χ0n) is 9.71. The number of aliphatic hydroxyl groups is 1. The molecule has 1 aliphatic heterocycles. The van der Waals surface area contributed by atoms with Gasteiger partial charge in [-0.1, -0.05) is 0 Å². The van der Waals surface area contributed by atoms with E-state index >= 15 is 0 Å². The van der Waals surface area contributed by atoms with Crippen LogP contribution in [0.15, 0.2) is 0 Å². The molecule has 1 heterocycles. The Hall–Kier alpha value is -0.120. The average Bonchev–Trinajstić information content (AvgIpc) is 2.27. The summed E-state index contributed by atoms with van der Waals surface area (Å²) >= 11 is 0. The Morgan fingerprint density at radius 2 is 2.07 bits per heavy atom. The summed E-state index contributed by atoms with van der Waals surface area (Å²) in [5.41, 5.74) is -0.575. The van der Waals surface area contributed by atoms with Crippen LogP contribution in [0.5, 0.6) is 0 Å². The molecule has 14 heavy (non-hydrogen) atoms. The van der Waals surface area contributed by atoms with Gasteiger partial charge in [-0.25, -0.2) is 0 Å². The highest BCUT2D eigenvalue weighted by Gasteiger charge is 2.22. The standard InChI is InChI=1S/C11H24N2O/c1-11(2,14)9-13(3)10-5-4-7-12-8-6-10/h10,12,14H,4-9H2,1-3H3. The fourth-order valence-corrected chi connectivity index (χ4v) is 2.18. The van der Waals surface area contributed by atoms with Crippen LogP contribution in [0.25, 0.3) is 0 Å². The van der Waals surface area contributed by atoms with E-state index in [1.165, 1.54) is 19.3 Å². The molecule has 84 valence electrons. The summed E-state index contributed by atoms with van der Waals surface area (Å²) in [5, 5.41) is 13.1. The number of nitrogens with one attached hydrogen (secondary N) is 1. The molecule has 3 heteroatoms. The van der Waals surface area contributed by atoms with Gasteiger partial charge >= 0.3 is 0 Å². The Bertz CT molecular complexity index is 157. The molecule has 0 spiro atoms. The van der Waals surface area contributed by atoms with Gasteiger partial charge in [0.05, 0.1) is 5.60 Å². The van der Waals surface area contributed by atoms with Gasteiger partial charge in [-0.2, -0.15) is 0 Å². The fourth-order valence-electron chi connectivity index (χ4n) is 2.18. The van der Waals surface area contributed by atoms with Crippen LogP contribution in [0.3, 0.4) is 0 Å². The van der Waals surface area contributed by atoms with Crippen LogP contribution in [0.4, 0.5) is 0 Å². The number of hydrogen-bond donors (Lipinski definition) is 2. The third-order valence-electron chi connectivity index (χ3n) is 2.80. The first-order chi connectivity index (χ1) is 6.49. The first-order valence-electron chi connectivity index (χ1n) is 5.62. The van der Waals surface area contributed by atoms with Crippen molar-refractivity contribution < 1.29 is 5.11 Å². The molecule has 0 aromatic heterocycles. The summed E-state index contributed by atoms with van der Waals surface area (Å²) in [5.74, 6) is 0. The predicted octanol–water partition coefficient (Wildman–Crippen LogP) is 0.831. The van der Waals surface area contributed by atoms with E-state index in [-0.39, 0.29) is 0 Å². The first-order valence-corrected chi connectivity index (χ1v) is 5.62. The van der Waals surface area contributed by atoms with Crippen LogP contribution in [-0.2, 0) is 0 Å². The molecular weight excluding hydrogens is 176 g/mol. The van der Waals surface area contributed by atoms with Gasteiger partial charge in [0.15, 0.2) is 0 Å². The maximum atomic E-state index is 9.73. The van der Waals surface area contributed by atoms with Crippen molar-refractivity contribution >= 4 is 0 Å². The van der Waals surface area contributed by atoms with Crippen LogP contribution in [0.1, 0.15) is 33.1 Å². The summed E-state index contributed by atoms with van der Waals surface area (Å²) in [6.45, 7) is 6.77. The fraction of sp³-hybridized carbons (Fsp3) is 1.00. The second kappa shape index (κ2) is 5.10. The van der Waals surface area contributed by atoms with Crippen LogP contribution in [0.2, 0.25) is 0 Å². The minimum atomic E-state index is -0.575. The van der Waals surface area contributed by atoms with Gasteiger partial charge in [0.2, 0.25) is 0 Å². The predicted molar refractivity (Wildman–Crippen MR) is 59.4 cm³/mol. The van der Waals surface area contributed by atoms with Crippen molar-refractivity contribution in [1.29, 1.82) is 0 Å². The van der Waals surface area contributed by atoms with Gasteiger partial charge in [0.25, 0.3) is 0 Å². The van der Waals surface area contributed by atoms with E-state index in [0.717, 1.165) is 19.6 Å². The monoisotopic (exact) mass is 200 g/mol. The Morgan fingerprint density at radius 3 is 2.71 bits per heavy atom. The summed E-state index contributed by atoms with van der Waals surface area (Å²) in [6.07, 6.45) is 3.70. The Labute approximate surface area is 87.5 Å². The second-order valence-electron chi connectivity index (χ2n) is 5.06. The quantitative estimate of drug-likeness (QED) is 0.708. The van der Waals surface area contributed by atoms with Crippen molar-refractivity contribution in [3.8, 4) is 0 Å². The van der Waals surface area contributed by atoms with Crippen molar-refractivity contribution in [3.63, 3.8) is 0 Å². The van der Waals surface area contributed by atoms with E-state index in [9.17, 15) is 5.11 Å². The van der Waals surface area contributed by atoms with Gasteiger partial charge in [0, 0.05) is 12.6 Å². The molecule has 3 nitrogen and oxygen atoms in total. The molecule has 0 aliphatic carbocycles. The SMILES string of the molecule is CN(CC(C)(C)O)C1CCCNCC1. The third-order valence-corrected chi connectivity index (χ3v) is 2.80. The van der Waals surface area contributed by atoms with Crippen molar-refractivity contribution in [2.24, 2.45) is 0 Å². The summed E-state index contributed by atoms with van der Waals surface area (Å²) in [4.78, 5) is 2.30. The van der Waals surface area contributed by atoms with Gasteiger partial charge in [0.1, 0.15) is 0 Å². The number of rotatable bonds is 3. The number of likely N-dealkylation sites (N-methyl/N-ethyl adjacent to an activating group) is 1. The molecule has 2 N–H and O–H groups in total. The van der Waals surface area contributed by atoms with E-state index in [1.54, 1.807) is 0 Å². The van der Waals surface area contributed by atoms with Crippen molar-refractivity contribution in [2.45, 2.75) is 44.8 Å². The molecule has 0 aromatic carbocycles. The lowest BCUT2D eigenvalue weighted by molar-refractivity contribution is 0.0293. The summed E-state index contributed by atoms with van der Waals surface area (Å²) in [7, 11) is 2.12. The van der Waals surface area contributed by atoms with E-state index in [4.69, 9.17) is 0 Å². The molecule has 0 amide bonds. The maximum absolute atomic E-state index is 9.73. The Morgan fingerprint density at radius 1 is 1.36 bits per heavy atom. The Balaban J connectivity index is 2.37. The van der Waals surface area contributed by atoms with Gasteiger partial charge in [-0.05, 0) is 53.2 Å². The molecule has 1 atom stereocenters. The van der Waals surface area contributed by atoms with Crippen molar-refractivity contribution in [2.75, 3.05) is 26.7 Å². The zero-order chi connectivity index (χ0) is 10.6. The van der Waals surface area contributed by atoms with Crippen LogP contribution in [0, 0.1) is 0 Å². The third kappa shape index (κ3) is 4.40. The van der Waals surface area contributed by atoms with Crippen LogP contribution >= 0.6 is 0 Å². The van der Waals surface area contributed by atoms with Gasteiger partial charge in [-0.3, -0.25) is 0 Å². The lowest BCUT2D eigenvalue weighted by Crippen LogP contribution is -2.42. The maximum Gasteiger partial charge on any atom is 0.0718 e. The van der Waals surface area contributed by atoms with Crippen molar-refractivity contribution in [3.05, 3.63) is 0 Å². The van der Waals surface area contributed by atoms with E-state index in [1.807, 2.05) is 13.8 Å². The average molecular weight is 200 g/mol. The second-order valence-corrected chi connectivity index (χ2v) is 5.06. The molecular formula is C11H24N2O. The van der Waals surface area contributed by atoms with E-state index < -0.39 is 5.60 Å². The Kier molecular flexibility index (Phi) is 4.35. The molecule has 1 unspecified atom stereocenters. The first kappa shape index (κ1) is 12.0. The normalized spacial score (nSPS) is 25.1. The van der Waals surface area contributed by atoms with Crippen LogP contribution in [-0.4, -0.2) is 48.3 Å². The lowest BCUT2D eigenvalue weighted by atomic mass is 10.0. The lowest BCUT2D eigenvalue weighted by Gasteiger charge is -2.31. The molecule has 0 aromatic rings. The smallest absolute Gasteiger partial charge is 0.0718 e. The van der Waals surface area contributed by atoms with Gasteiger partial charge in [-0.15, -0.1) is 0 Å². The summed E-state index contributed by atoms with van der Waals surface area (Å²) in [6, 6.07) is 0.636. The largest absolute Gasteiger partial charge is 0.389 e. The van der Waals surface area contributed by atoms with Gasteiger partial charge < -0.3 is 15.3 Å². The number of hydrogen-bond acceptors (Lipinski definition) is 3. The van der Waals surface area contributed by atoms with E-state index in [0.29, 0.717) is 6.04 Å². The zero-order valence-corrected chi connectivity index (χ0v) is 9.71. The summed E-state index contributed by atoms with van der Waals surface area (Å²) < 4.78 is 0.